The number of amides is 1. The summed E-state index contributed by atoms with van der Waals surface area (Å²) in [4.78, 5) is 10.2. The highest BCUT2D eigenvalue weighted by Gasteiger charge is 2.15. The third kappa shape index (κ3) is 3.63. The molecule has 0 heterocycles. The van der Waals surface area contributed by atoms with Crippen molar-refractivity contribution in [2.75, 3.05) is 5.32 Å². The van der Waals surface area contributed by atoms with Gasteiger partial charge in [-0.3, -0.25) is 4.79 Å². The van der Waals surface area contributed by atoms with Crippen molar-refractivity contribution in [3.05, 3.63) is 26.6 Å². The van der Waals surface area contributed by atoms with Crippen molar-refractivity contribution in [3.8, 4) is 0 Å². The second kappa shape index (κ2) is 5.53. The number of rotatable bonds is 2. The summed E-state index contributed by atoms with van der Waals surface area (Å²) in [5.41, 5.74) is 1.69. The summed E-state index contributed by atoms with van der Waals surface area (Å²) in [6, 6.07) is 3.77. The number of anilines is 1. The minimum Gasteiger partial charge on any atom is -0.322 e. The molecule has 0 aromatic heterocycles. The third-order valence-electron chi connectivity index (χ3n) is 1.63. The second-order valence-corrected chi connectivity index (χ2v) is 5.70. The topological polar surface area (TPSA) is 29.1 Å². The fraction of sp³-hybridized carbons (Fsp3) is 0.222. The number of benzene rings is 1. The van der Waals surface area contributed by atoms with Crippen LogP contribution < -0.4 is 5.32 Å². The highest BCUT2D eigenvalue weighted by atomic mass is 79.9. The van der Waals surface area contributed by atoms with Crippen molar-refractivity contribution in [1.82, 2.24) is 0 Å². The summed E-state index contributed by atoms with van der Waals surface area (Å²) in [7, 11) is 0. The van der Waals surface area contributed by atoms with Crippen LogP contribution in [0, 0.1) is 6.92 Å². The summed E-state index contributed by atoms with van der Waals surface area (Å²) < 4.78 is 1.55. The van der Waals surface area contributed by atoms with Gasteiger partial charge in [0, 0.05) is 8.95 Å². The minimum atomic E-state index is -1.08. The Hall–Kier alpha value is 0.230. The van der Waals surface area contributed by atoms with Crippen molar-refractivity contribution < 1.29 is 4.79 Å². The number of hydrogen-bond acceptors (Lipinski definition) is 1. The molecule has 1 aromatic rings. The molecule has 1 N–H and O–H groups in total. The zero-order valence-electron chi connectivity index (χ0n) is 7.65. The maximum absolute atomic E-state index is 11.3. The molecule has 0 fully saturated rings. The van der Waals surface area contributed by atoms with E-state index in [0.29, 0.717) is 5.69 Å². The molecule has 15 heavy (non-hydrogen) atoms. The van der Waals surface area contributed by atoms with Gasteiger partial charge in [-0.25, -0.2) is 0 Å². The zero-order chi connectivity index (χ0) is 11.6. The van der Waals surface area contributed by atoms with Gasteiger partial charge in [0.25, 0.3) is 5.91 Å². The van der Waals surface area contributed by atoms with E-state index in [0.717, 1.165) is 14.5 Å². The summed E-state index contributed by atoms with van der Waals surface area (Å²) in [5, 5.41) is 2.61. The van der Waals surface area contributed by atoms with Gasteiger partial charge in [0.15, 0.2) is 4.84 Å². The van der Waals surface area contributed by atoms with Gasteiger partial charge in [-0.1, -0.05) is 23.2 Å². The minimum absolute atomic E-state index is 0.455. The van der Waals surface area contributed by atoms with Crippen LogP contribution in [0.25, 0.3) is 0 Å². The molecule has 2 nitrogen and oxygen atoms in total. The van der Waals surface area contributed by atoms with E-state index in [9.17, 15) is 4.79 Å². The first-order chi connectivity index (χ1) is 6.91. The Balaban J connectivity index is 3.00. The lowest BCUT2D eigenvalue weighted by Gasteiger charge is -2.10. The van der Waals surface area contributed by atoms with Crippen molar-refractivity contribution in [2.45, 2.75) is 11.8 Å². The average Bonchev–Trinajstić information content (AvgIpc) is 2.10. The van der Waals surface area contributed by atoms with Crippen LogP contribution in [0.4, 0.5) is 5.69 Å². The highest BCUT2D eigenvalue weighted by molar-refractivity contribution is 9.11. The van der Waals surface area contributed by atoms with Crippen LogP contribution in [0.2, 0.25) is 0 Å². The van der Waals surface area contributed by atoms with Gasteiger partial charge in [0.2, 0.25) is 0 Å². The molecule has 0 aliphatic heterocycles. The highest BCUT2D eigenvalue weighted by Crippen LogP contribution is 2.32. The Morgan fingerprint density at radius 3 is 2.20 bits per heavy atom. The first kappa shape index (κ1) is 13.3. The predicted octanol–water partition coefficient (Wildman–Crippen LogP) is 4.26. The number of nitrogens with one attached hydrogen (secondary N) is 1. The van der Waals surface area contributed by atoms with Crippen molar-refractivity contribution in [1.29, 1.82) is 0 Å². The van der Waals surface area contributed by atoms with Crippen molar-refractivity contribution >= 4 is 66.7 Å². The van der Waals surface area contributed by atoms with Gasteiger partial charge in [-0.2, -0.15) is 0 Å². The quantitative estimate of drug-likeness (QED) is 0.769. The lowest BCUT2D eigenvalue weighted by atomic mass is 10.2. The van der Waals surface area contributed by atoms with E-state index >= 15 is 0 Å². The van der Waals surface area contributed by atoms with Gasteiger partial charge >= 0.3 is 0 Å². The number of hydrogen-bond donors (Lipinski definition) is 1. The number of halogens is 4. The molecule has 82 valence electrons. The summed E-state index contributed by atoms with van der Waals surface area (Å²) >= 11 is 17.6. The van der Waals surface area contributed by atoms with E-state index in [4.69, 9.17) is 23.2 Å². The summed E-state index contributed by atoms with van der Waals surface area (Å²) in [6.45, 7) is 1.95. The zero-order valence-corrected chi connectivity index (χ0v) is 12.3. The maximum Gasteiger partial charge on any atom is 0.257 e. The molecule has 0 spiro atoms. The predicted molar refractivity (Wildman–Crippen MR) is 70.7 cm³/mol. The van der Waals surface area contributed by atoms with E-state index in [1.165, 1.54) is 0 Å². The van der Waals surface area contributed by atoms with Crippen LogP contribution in [-0.4, -0.2) is 10.7 Å². The molecular weight excluding hydrogens is 369 g/mol. The first-order valence-electron chi connectivity index (χ1n) is 3.96. The Bertz CT molecular complexity index is 373. The molecule has 0 aliphatic rings. The molecule has 0 saturated carbocycles. The van der Waals surface area contributed by atoms with Gasteiger partial charge in [-0.15, -0.1) is 0 Å². The molecular formula is C9H7Br2Cl2NO. The number of aryl methyl sites for hydroxylation is 1. The lowest BCUT2D eigenvalue weighted by molar-refractivity contribution is -0.114. The SMILES string of the molecule is Cc1cc(Br)c(NC(=O)C(Cl)Cl)c(Br)c1. The summed E-state index contributed by atoms with van der Waals surface area (Å²) in [6.07, 6.45) is 0. The van der Waals surface area contributed by atoms with E-state index < -0.39 is 10.7 Å². The second-order valence-electron chi connectivity index (χ2n) is 2.89. The maximum atomic E-state index is 11.3. The van der Waals surface area contributed by atoms with Crippen molar-refractivity contribution in [3.63, 3.8) is 0 Å². The molecule has 1 amide bonds. The smallest absolute Gasteiger partial charge is 0.257 e. The number of alkyl halides is 2. The standard InChI is InChI=1S/C9H7Br2Cl2NO/c1-4-2-5(10)7(6(11)3-4)14-9(15)8(12)13/h2-3,8H,1H3,(H,14,15). The molecule has 0 atom stereocenters. The van der Waals surface area contributed by atoms with Crippen LogP contribution in [0.5, 0.6) is 0 Å². The molecule has 0 radical (unpaired) electrons. The van der Waals surface area contributed by atoms with Gasteiger partial charge in [0.05, 0.1) is 5.69 Å². The third-order valence-corrected chi connectivity index (χ3v) is 3.28. The molecule has 6 heteroatoms. The van der Waals surface area contributed by atoms with Gasteiger partial charge in [0.1, 0.15) is 0 Å². The lowest BCUT2D eigenvalue weighted by Crippen LogP contribution is -2.19. The Labute approximate surface area is 115 Å². The fourth-order valence-electron chi connectivity index (χ4n) is 0.997. The molecule has 0 saturated heterocycles. The van der Waals surface area contributed by atoms with E-state index in [-0.39, 0.29) is 0 Å². The van der Waals surface area contributed by atoms with Crippen LogP contribution in [-0.2, 0) is 4.79 Å². The number of carbonyl (C=O) groups is 1. The van der Waals surface area contributed by atoms with E-state index in [1.54, 1.807) is 0 Å². The summed E-state index contributed by atoms with van der Waals surface area (Å²) in [5.74, 6) is -0.455. The van der Waals surface area contributed by atoms with Gasteiger partial charge in [-0.05, 0) is 56.5 Å². The van der Waals surface area contributed by atoms with Crippen LogP contribution in [0.15, 0.2) is 21.1 Å². The normalized spacial score (nSPS) is 10.5. The van der Waals surface area contributed by atoms with Gasteiger partial charge < -0.3 is 5.32 Å². The van der Waals surface area contributed by atoms with Crippen LogP contribution in [0.1, 0.15) is 5.56 Å². The molecule has 0 aliphatic carbocycles. The first-order valence-corrected chi connectivity index (χ1v) is 6.42. The van der Waals surface area contributed by atoms with Crippen LogP contribution >= 0.6 is 55.1 Å². The molecule has 0 bridgehead atoms. The van der Waals surface area contributed by atoms with Crippen LogP contribution in [0.3, 0.4) is 0 Å². The Morgan fingerprint density at radius 2 is 1.80 bits per heavy atom. The van der Waals surface area contributed by atoms with Crippen molar-refractivity contribution in [2.24, 2.45) is 0 Å². The fourth-order valence-corrected chi connectivity index (χ4v) is 2.72. The monoisotopic (exact) mass is 373 g/mol. The Kier molecular flexibility index (Phi) is 4.90. The molecule has 1 rings (SSSR count). The largest absolute Gasteiger partial charge is 0.322 e. The van der Waals surface area contributed by atoms with E-state index in [1.807, 2.05) is 19.1 Å². The average molecular weight is 376 g/mol. The number of carbonyl (C=O) groups excluding carboxylic acids is 1. The molecule has 1 aromatic carbocycles. The Morgan fingerprint density at radius 1 is 1.33 bits per heavy atom. The van der Waals surface area contributed by atoms with E-state index in [2.05, 4.69) is 37.2 Å². The molecule has 0 unspecified atom stereocenters.